The number of allylic oxidation sites excluding steroid dienone is 2. The minimum Gasteiger partial charge on any atom is -0.372 e. The second kappa shape index (κ2) is 6.98. The van der Waals surface area contributed by atoms with Gasteiger partial charge in [-0.3, -0.25) is 0 Å². The summed E-state index contributed by atoms with van der Waals surface area (Å²) in [5.41, 5.74) is 3.14. The largest absolute Gasteiger partial charge is 0.372 e. The molecule has 0 radical (unpaired) electrons. The van der Waals surface area contributed by atoms with Crippen molar-refractivity contribution in [2.24, 2.45) is 0 Å². The van der Waals surface area contributed by atoms with Crippen LogP contribution in [0.4, 0.5) is 0 Å². The standard InChI is InChI=1S/C15H29N/c1-13(2)15-11-9-7-5-6-8-10-12-16(15)14(3)4/h14H,5-12H2,1-4H3. The Hall–Kier alpha value is -0.460. The lowest BCUT2D eigenvalue weighted by Crippen LogP contribution is -2.32. The average Bonchev–Trinajstić information content (AvgIpc) is 2.24. The highest BCUT2D eigenvalue weighted by molar-refractivity contribution is 5.10. The Morgan fingerprint density at radius 2 is 1.50 bits per heavy atom. The molecule has 0 N–H and O–H groups in total. The fraction of sp³-hybridized carbons (Fsp3) is 0.867. The van der Waals surface area contributed by atoms with Crippen molar-refractivity contribution >= 4 is 0 Å². The van der Waals surface area contributed by atoms with Gasteiger partial charge in [0, 0.05) is 18.3 Å². The lowest BCUT2D eigenvalue weighted by atomic mass is 10.0. The van der Waals surface area contributed by atoms with Gasteiger partial charge in [-0.25, -0.2) is 0 Å². The molecule has 94 valence electrons. The maximum atomic E-state index is 2.64. The van der Waals surface area contributed by atoms with Gasteiger partial charge >= 0.3 is 0 Å². The fourth-order valence-electron chi connectivity index (χ4n) is 2.67. The zero-order valence-electron chi connectivity index (χ0n) is 11.7. The van der Waals surface area contributed by atoms with Crippen LogP contribution in [0.15, 0.2) is 11.3 Å². The van der Waals surface area contributed by atoms with Gasteiger partial charge in [-0.1, -0.05) is 31.3 Å². The molecule has 0 aromatic carbocycles. The molecule has 0 unspecified atom stereocenters. The number of nitrogens with zero attached hydrogens (tertiary/aromatic N) is 1. The zero-order chi connectivity index (χ0) is 12.0. The lowest BCUT2D eigenvalue weighted by Gasteiger charge is -2.33. The van der Waals surface area contributed by atoms with E-state index in [4.69, 9.17) is 0 Å². The van der Waals surface area contributed by atoms with Crippen LogP contribution in [0.1, 0.15) is 72.6 Å². The molecule has 1 heterocycles. The van der Waals surface area contributed by atoms with E-state index < -0.39 is 0 Å². The average molecular weight is 223 g/mol. The van der Waals surface area contributed by atoms with Gasteiger partial charge in [-0.2, -0.15) is 0 Å². The summed E-state index contributed by atoms with van der Waals surface area (Å²) < 4.78 is 0. The monoisotopic (exact) mass is 223 g/mol. The van der Waals surface area contributed by atoms with Gasteiger partial charge in [-0.05, 0) is 47.0 Å². The third-order valence-corrected chi connectivity index (χ3v) is 3.61. The van der Waals surface area contributed by atoms with Crippen LogP contribution in [0.5, 0.6) is 0 Å². The Morgan fingerprint density at radius 1 is 0.938 bits per heavy atom. The second-order valence-corrected chi connectivity index (χ2v) is 5.61. The predicted octanol–water partition coefficient (Wildman–Crippen LogP) is 4.74. The molecule has 0 amide bonds. The van der Waals surface area contributed by atoms with E-state index in [1.54, 1.807) is 5.70 Å². The lowest BCUT2D eigenvalue weighted by molar-refractivity contribution is 0.258. The summed E-state index contributed by atoms with van der Waals surface area (Å²) in [6.07, 6.45) is 9.76. The molecule has 0 aromatic rings. The van der Waals surface area contributed by atoms with E-state index in [1.807, 2.05) is 0 Å². The summed E-state index contributed by atoms with van der Waals surface area (Å²) in [6, 6.07) is 0.657. The molecule has 1 fully saturated rings. The Morgan fingerprint density at radius 3 is 2.06 bits per heavy atom. The Balaban J connectivity index is 2.73. The minimum atomic E-state index is 0.657. The van der Waals surface area contributed by atoms with Crippen molar-refractivity contribution in [2.45, 2.75) is 78.7 Å². The van der Waals surface area contributed by atoms with Crippen LogP contribution in [0.25, 0.3) is 0 Å². The van der Waals surface area contributed by atoms with Crippen molar-refractivity contribution in [2.75, 3.05) is 6.54 Å². The second-order valence-electron chi connectivity index (χ2n) is 5.61. The maximum Gasteiger partial charge on any atom is 0.0230 e. The third kappa shape index (κ3) is 4.19. The molecule has 1 aliphatic heterocycles. The van der Waals surface area contributed by atoms with Crippen LogP contribution in [-0.4, -0.2) is 17.5 Å². The number of rotatable bonds is 1. The fourth-order valence-corrected chi connectivity index (χ4v) is 2.67. The van der Waals surface area contributed by atoms with Crippen LogP contribution < -0.4 is 0 Å². The summed E-state index contributed by atoms with van der Waals surface area (Å²) in [6.45, 7) is 10.5. The summed E-state index contributed by atoms with van der Waals surface area (Å²) in [5.74, 6) is 0. The minimum absolute atomic E-state index is 0.657. The molecule has 0 aliphatic carbocycles. The molecule has 0 saturated carbocycles. The highest BCUT2D eigenvalue weighted by atomic mass is 15.2. The molecule has 1 rings (SSSR count). The zero-order valence-corrected chi connectivity index (χ0v) is 11.7. The summed E-state index contributed by atoms with van der Waals surface area (Å²) in [7, 11) is 0. The summed E-state index contributed by atoms with van der Waals surface area (Å²) >= 11 is 0. The predicted molar refractivity (Wildman–Crippen MR) is 72.5 cm³/mol. The van der Waals surface area contributed by atoms with Crippen LogP contribution in [0.2, 0.25) is 0 Å². The first-order valence-corrected chi connectivity index (χ1v) is 7.06. The van der Waals surface area contributed by atoms with E-state index in [0.29, 0.717) is 6.04 Å². The molecule has 1 aliphatic rings. The molecule has 0 spiro atoms. The van der Waals surface area contributed by atoms with Gasteiger partial charge in [0.05, 0.1) is 0 Å². The summed E-state index contributed by atoms with van der Waals surface area (Å²) in [5, 5.41) is 0. The quantitative estimate of drug-likeness (QED) is 0.621. The van der Waals surface area contributed by atoms with Crippen LogP contribution in [-0.2, 0) is 0 Å². The molecule has 0 atom stereocenters. The van der Waals surface area contributed by atoms with Gasteiger partial charge in [0.1, 0.15) is 0 Å². The molecule has 1 saturated heterocycles. The van der Waals surface area contributed by atoms with Crippen molar-refractivity contribution < 1.29 is 0 Å². The van der Waals surface area contributed by atoms with Crippen molar-refractivity contribution in [1.29, 1.82) is 0 Å². The van der Waals surface area contributed by atoms with Gasteiger partial charge < -0.3 is 4.90 Å². The van der Waals surface area contributed by atoms with Gasteiger partial charge in [0.25, 0.3) is 0 Å². The SMILES string of the molecule is CC(C)=C1CCCCCCCCN1C(C)C. The first kappa shape index (κ1) is 13.6. The van der Waals surface area contributed by atoms with E-state index in [2.05, 4.69) is 32.6 Å². The van der Waals surface area contributed by atoms with E-state index in [9.17, 15) is 0 Å². The Labute approximate surface area is 102 Å². The first-order chi connectivity index (χ1) is 7.63. The number of hydrogen-bond acceptors (Lipinski definition) is 1. The van der Waals surface area contributed by atoms with E-state index >= 15 is 0 Å². The Bertz CT molecular complexity index is 224. The van der Waals surface area contributed by atoms with Gasteiger partial charge in [0.15, 0.2) is 0 Å². The normalized spacial score (nSPS) is 20.1. The van der Waals surface area contributed by atoms with E-state index in [1.165, 1.54) is 57.1 Å². The summed E-state index contributed by atoms with van der Waals surface area (Å²) in [4.78, 5) is 2.64. The van der Waals surface area contributed by atoms with Crippen LogP contribution in [0, 0.1) is 0 Å². The van der Waals surface area contributed by atoms with Gasteiger partial charge in [0.2, 0.25) is 0 Å². The van der Waals surface area contributed by atoms with Gasteiger partial charge in [-0.15, -0.1) is 0 Å². The molecular formula is C15H29N. The van der Waals surface area contributed by atoms with Crippen molar-refractivity contribution in [3.63, 3.8) is 0 Å². The van der Waals surface area contributed by atoms with Crippen molar-refractivity contribution in [1.82, 2.24) is 4.90 Å². The Kier molecular flexibility index (Phi) is 5.94. The van der Waals surface area contributed by atoms with Crippen LogP contribution >= 0.6 is 0 Å². The van der Waals surface area contributed by atoms with E-state index in [-0.39, 0.29) is 0 Å². The highest BCUT2D eigenvalue weighted by Gasteiger charge is 2.14. The smallest absolute Gasteiger partial charge is 0.0230 e. The first-order valence-electron chi connectivity index (χ1n) is 7.06. The van der Waals surface area contributed by atoms with Crippen molar-refractivity contribution in [3.05, 3.63) is 11.3 Å². The maximum absolute atomic E-state index is 2.64. The molecular weight excluding hydrogens is 194 g/mol. The molecule has 1 nitrogen and oxygen atoms in total. The number of hydrogen-bond donors (Lipinski definition) is 0. The molecule has 1 heteroatoms. The van der Waals surface area contributed by atoms with Crippen molar-refractivity contribution in [3.8, 4) is 0 Å². The topological polar surface area (TPSA) is 3.24 Å². The van der Waals surface area contributed by atoms with E-state index in [0.717, 1.165) is 0 Å². The molecule has 0 bridgehead atoms. The molecule has 16 heavy (non-hydrogen) atoms. The third-order valence-electron chi connectivity index (χ3n) is 3.61. The highest BCUT2D eigenvalue weighted by Crippen LogP contribution is 2.23. The van der Waals surface area contributed by atoms with Crippen LogP contribution in [0.3, 0.4) is 0 Å². The molecule has 0 aromatic heterocycles.